The summed E-state index contributed by atoms with van der Waals surface area (Å²) in [6.07, 6.45) is 3.67. The molecule has 0 unspecified atom stereocenters. The maximum atomic E-state index is 4.07. The average molecular weight is 157 g/mol. The van der Waals surface area contributed by atoms with Crippen LogP contribution in [-0.2, 0) is 0 Å². The SMILES string of the molecule is [CH](c1ccccc1)n1cccn1. The van der Waals surface area contributed by atoms with Gasteiger partial charge in [-0.05, 0) is 11.6 Å². The summed E-state index contributed by atoms with van der Waals surface area (Å²) >= 11 is 0. The van der Waals surface area contributed by atoms with E-state index in [1.54, 1.807) is 10.9 Å². The van der Waals surface area contributed by atoms with Crippen LogP contribution in [0.25, 0.3) is 0 Å². The van der Waals surface area contributed by atoms with Gasteiger partial charge in [-0.15, -0.1) is 0 Å². The van der Waals surface area contributed by atoms with Crippen LogP contribution in [0.15, 0.2) is 48.8 Å². The third kappa shape index (κ3) is 1.53. The second kappa shape index (κ2) is 3.22. The summed E-state index contributed by atoms with van der Waals surface area (Å²) in [5, 5.41) is 4.07. The maximum absolute atomic E-state index is 4.07. The van der Waals surface area contributed by atoms with E-state index in [0.29, 0.717) is 0 Å². The van der Waals surface area contributed by atoms with Gasteiger partial charge in [-0.3, -0.25) is 4.68 Å². The molecule has 1 aromatic carbocycles. The molecule has 0 saturated carbocycles. The largest absolute Gasteiger partial charge is 0.263 e. The van der Waals surface area contributed by atoms with Crippen LogP contribution in [0.2, 0.25) is 0 Å². The van der Waals surface area contributed by atoms with Gasteiger partial charge in [0.15, 0.2) is 0 Å². The number of aromatic nitrogens is 2. The summed E-state index contributed by atoms with van der Waals surface area (Å²) in [4.78, 5) is 0. The molecule has 1 radical (unpaired) electrons. The van der Waals surface area contributed by atoms with Crippen LogP contribution in [-0.4, -0.2) is 9.78 Å². The van der Waals surface area contributed by atoms with Crippen molar-refractivity contribution >= 4 is 0 Å². The molecule has 1 heterocycles. The fourth-order valence-corrected chi connectivity index (χ4v) is 1.05. The van der Waals surface area contributed by atoms with Gasteiger partial charge in [0.1, 0.15) is 6.54 Å². The van der Waals surface area contributed by atoms with E-state index in [4.69, 9.17) is 0 Å². The lowest BCUT2D eigenvalue weighted by atomic mass is 10.2. The van der Waals surface area contributed by atoms with Crippen LogP contribution in [0.3, 0.4) is 0 Å². The van der Waals surface area contributed by atoms with Gasteiger partial charge in [-0.25, -0.2) is 0 Å². The summed E-state index contributed by atoms with van der Waals surface area (Å²) in [5.74, 6) is 0. The first kappa shape index (κ1) is 7.10. The molecule has 0 N–H and O–H groups in total. The lowest BCUT2D eigenvalue weighted by molar-refractivity contribution is 0.823. The van der Waals surface area contributed by atoms with Crippen molar-refractivity contribution in [3.63, 3.8) is 0 Å². The van der Waals surface area contributed by atoms with Crippen molar-refractivity contribution in [2.24, 2.45) is 0 Å². The van der Waals surface area contributed by atoms with Crippen LogP contribution in [0.1, 0.15) is 5.56 Å². The number of hydrogen-bond donors (Lipinski definition) is 0. The zero-order valence-electron chi connectivity index (χ0n) is 6.59. The first-order chi connectivity index (χ1) is 5.95. The molecular formula is C10H9N2. The van der Waals surface area contributed by atoms with E-state index in [-0.39, 0.29) is 0 Å². The molecule has 2 aromatic rings. The number of nitrogens with zero attached hydrogens (tertiary/aromatic N) is 2. The summed E-state index contributed by atoms with van der Waals surface area (Å²) in [6.45, 7) is 1.97. The van der Waals surface area contributed by atoms with Gasteiger partial charge in [-0.2, -0.15) is 5.10 Å². The summed E-state index contributed by atoms with van der Waals surface area (Å²) in [5.41, 5.74) is 1.15. The van der Waals surface area contributed by atoms with Crippen molar-refractivity contribution in [1.82, 2.24) is 9.78 Å². The Hall–Kier alpha value is -1.57. The molecular weight excluding hydrogens is 148 g/mol. The molecule has 2 rings (SSSR count). The molecule has 0 spiro atoms. The average Bonchev–Trinajstić information content (AvgIpc) is 2.59. The quantitative estimate of drug-likeness (QED) is 0.651. The Morgan fingerprint density at radius 1 is 1.08 bits per heavy atom. The van der Waals surface area contributed by atoms with E-state index in [9.17, 15) is 0 Å². The second-order valence-corrected chi connectivity index (χ2v) is 2.53. The fraction of sp³-hybridized carbons (Fsp3) is 0. The van der Waals surface area contributed by atoms with Gasteiger partial charge in [0.05, 0.1) is 0 Å². The highest BCUT2D eigenvalue weighted by atomic mass is 15.3. The third-order valence-corrected chi connectivity index (χ3v) is 1.61. The Morgan fingerprint density at radius 2 is 1.92 bits per heavy atom. The molecule has 0 fully saturated rings. The molecule has 2 nitrogen and oxygen atoms in total. The molecule has 59 valence electrons. The van der Waals surface area contributed by atoms with E-state index in [0.717, 1.165) is 5.56 Å². The van der Waals surface area contributed by atoms with Crippen LogP contribution >= 0.6 is 0 Å². The van der Waals surface area contributed by atoms with Crippen LogP contribution in [0.4, 0.5) is 0 Å². The van der Waals surface area contributed by atoms with E-state index in [1.165, 1.54) is 0 Å². The van der Waals surface area contributed by atoms with Crippen molar-refractivity contribution < 1.29 is 0 Å². The predicted octanol–water partition coefficient (Wildman–Crippen LogP) is 1.94. The maximum Gasteiger partial charge on any atom is 0.103 e. The third-order valence-electron chi connectivity index (χ3n) is 1.61. The smallest absolute Gasteiger partial charge is 0.103 e. The van der Waals surface area contributed by atoms with Crippen LogP contribution < -0.4 is 0 Å². The normalized spacial score (nSPS) is 10.0. The van der Waals surface area contributed by atoms with E-state index < -0.39 is 0 Å². The minimum atomic E-state index is 1.15. The molecule has 0 atom stereocenters. The fourth-order valence-electron chi connectivity index (χ4n) is 1.05. The molecule has 0 aliphatic rings. The van der Waals surface area contributed by atoms with Crippen molar-refractivity contribution in [3.8, 4) is 0 Å². The minimum absolute atomic E-state index is 1.15. The van der Waals surface area contributed by atoms with E-state index >= 15 is 0 Å². The van der Waals surface area contributed by atoms with Crippen molar-refractivity contribution in [2.75, 3.05) is 0 Å². The van der Waals surface area contributed by atoms with Crippen molar-refractivity contribution in [1.29, 1.82) is 0 Å². The standard InChI is InChI=1S/C10H9N2/c1-2-5-10(6-3-1)9-12-8-4-7-11-12/h1-9H. The van der Waals surface area contributed by atoms with Gasteiger partial charge >= 0.3 is 0 Å². The first-order valence-electron chi connectivity index (χ1n) is 3.84. The topological polar surface area (TPSA) is 17.8 Å². The molecule has 2 heteroatoms. The Morgan fingerprint density at radius 3 is 2.58 bits per heavy atom. The number of rotatable bonds is 2. The monoisotopic (exact) mass is 157 g/mol. The Balaban J connectivity index is 2.15. The Bertz CT molecular complexity index is 324. The highest BCUT2D eigenvalue weighted by Gasteiger charge is 1.92. The van der Waals surface area contributed by atoms with Gasteiger partial charge in [-0.1, -0.05) is 30.3 Å². The molecule has 0 aliphatic heterocycles. The molecule has 0 bridgehead atoms. The number of hydrogen-bond acceptors (Lipinski definition) is 1. The van der Waals surface area contributed by atoms with Crippen LogP contribution in [0.5, 0.6) is 0 Å². The van der Waals surface area contributed by atoms with E-state index in [1.807, 2.05) is 49.1 Å². The molecule has 0 amide bonds. The molecule has 1 aromatic heterocycles. The van der Waals surface area contributed by atoms with Crippen molar-refractivity contribution in [2.45, 2.75) is 0 Å². The number of benzene rings is 1. The zero-order valence-corrected chi connectivity index (χ0v) is 6.59. The van der Waals surface area contributed by atoms with Crippen molar-refractivity contribution in [3.05, 3.63) is 60.9 Å². The Labute approximate surface area is 71.5 Å². The molecule has 0 saturated heterocycles. The second-order valence-electron chi connectivity index (χ2n) is 2.53. The summed E-state index contributed by atoms with van der Waals surface area (Å²) < 4.78 is 1.79. The van der Waals surface area contributed by atoms with Gasteiger partial charge in [0, 0.05) is 12.4 Å². The highest BCUT2D eigenvalue weighted by molar-refractivity contribution is 5.22. The summed E-state index contributed by atoms with van der Waals surface area (Å²) in [7, 11) is 0. The Kier molecular flexibility index (Phi) is 1.90. The predicted molar refractivity (Wildman–Crippen MR) is 47.5 cm³/mol. The minimum Gasteiger partial charge on any atom is -0.263 e. The highest BCUT2D eigenvalue weighted by Crippen LogP contribution is 2.02. The lowest BCUT2D eigenvalue weighted by Gasteiger charge is -1.98. The molecule has 0 aliphatic carbocycles. The summed E-state index contributed by atoms with van der Waals surface area (Å²) in [6, 6.07) is 12.0. The first-order valence-corrected chi connectivity index (χ1v) is 3.84. The van der Waals surface area contributed by atoms with Gasteiger partial charge in [0.2, 0.25) is 0 Å². The van der Waals surface area contributed by atoms with E-state index in [2.05, 4.69) is 5.10 Å². The van der Waals surface area contributed by atoms with Crippen LogP contribution in [0, 0.1) is 6.54 Å². The molecule has 12 heavy (non-hydrogen) atoms. The van der Waals surface area contributed by atoms with Gasteiger partial charge in [0.25, 0.3) is 0 Å². The zero-order chi connectivity index (χ0) is 8.23. The lowest BCUT2D eigenvalue weighted by Crippen LogP contribution is -1.95. The van der Waals surface area contributed by atoms with Gasteiger partial charge < -0.3 is 0 Å².